The lowest BCUT2D eigenvalue weighted by atomic mass is 10.2. The fourth-order valence-corrected chi connectivity index (χ4v) is 2.74. The number of hydrogen-bond acceptors (Lipinski definition) is 3. The van der Waals surface area contributed by atoms with Gasteiger partial charge in [-0.3, -0.25) is 0 Å². The van der Waals surface area contributed by atoms with Gasteiger partial charge >= 0.3 is 0 Å². The van der Waals surface area contributed by atoms with E-state index in [9.17, 15) is 8.42 Å². The summed E-state index contributed by atoms with van der Waals surface area (Å²) in [4.78, 5) is 0.319. The molecule has 0 heterocycles. The maximum Gasteiger partial charge on any atom is 0.240 e. The molecule has 4 nitrogen and oxygen atoms in total. The highest BCUT2D eigenvalue weighted by Gasteiger charge is 2.12. The maximum atomic E-state index is 11.9. The highest BCUT2D eigenvalue weighted by atomic mass is 32.2. The van der Waals surface area contributed by atoms with Gasteiger partial charge in [0.25, 0.3) is 0 Å². The van der Waals surface area contributed by atoms with Gasteiger partial charge in [-0.25, -0.2) is 13.1 Å². The third kappa shape index (κ3) is 4.76. The van der Waals surface area contributed by atoms with E-state index in [1.807, 2.05) is 12.1 Å². The molecule has 0 saturated carbocycles. The van der Waals surface area contributed by atoms with Crippen LogP contribution >= 0.6 is 0 Å². The molecule has 0 aromatic heterocycles. The molecule has 0 saturated heterocycles. The molecule has 18 heavy (non-hydrogen) atoms. The highest BCUT2D eigenvalue weighted by Crippen LogP contribution is 2.10. The second-order valence-corrected chi connectivity index (χ2v) is 6.05. The van der Waals surface area contributed by atoms with E-state index in [2.05, 4.69) is 11.6 Å². The van der Waals surface area contributed by atoms with E-state index in [4.69, 9.17) is 5.73 Å². The van der Waals surface area contributed by atoms with E-state index in [0.717, 1.165) is 31.2 Å². The van der Waals surface area contributed by atoms with Gasteiger partial charge in [0.1, 0.15) is 0 Å². The van der Waals surface area contributed by atoms with Gasteiger partial charge in [0.15, 0.2) is 0 Å². The third-order valence-corrected chi connectivity index (χ3v) is 4.22. The van der Waals surface area contributed by atoms with E-state index in [1.165, 1.54) is 0 Å². The molecule has 0 aliphatic carbocycles. The van der Waals surface area contributed by atoms with Crippen LogP contribution in [-0.2, 0) is 16.4 Å². The lowest BCUT2D eigenvalue weighted by molar-refractivity contribution is 0.576. The summed E-state index contributed by atoms with van der Waals surface area (Å²) in [5, 5.41) is 0. The molecule has 0 atom stereocenters. The first-order valence-electron chi connectivity index (χ1n) is 6.39. The molecule has 0 spiro atoms. The molecule has 0 amide bonds. The Balaban J connectivity index is 2.61. The molecule has 3 N–H and O–H groups in total. The van der Waals surface area contributed by atoms with Gasteiger partial charge < -0.3 is 5.73 Å². The van der Waals surface area contributed by atoms with E-state index < -0.39 is 10.0 Å². The summed E-state index contributed by atoms with van der Waals surface area (Å²) in [5.74, 6) is 0. The largest absolute Gasteiger partial charge is 0.330 e. The van der Waals surface area contributed by atoms with E-state index in [-0.39, 0.29) is 0 Å². The Morgan fingerprint density at radius 1 is 1.17 bits per heavy atom. The third-order valence-electron chi connectivity index (χ3n) is 2.74. The predicted octanol–water partition coefficient (Wildman–Crippen LogP) is 1.66. The van der Waals surface area contributed by atoms with Crippen molar-refractivity contribution in [2.45, 2.75) is 37.5 Å². The van der Waals surface area contributed by atoms with E-state index in [1.54, 1.807) is 12.1 Å². The molecule has 0 aliphatic heterocycles. The zero-order valence-electron chi connectivity index (χ0n) is 10.9. The van der Waals surface area contributed by atoms with Gasteiger partial charge in [-0.1, -0.05) is 31.9 Å². The first-order chi connectivity index (χ1) is 8.60. The number of benzene rings is 1. The Hall–Kier alpha value is -0.910. The van der Waals surface area contributed by atoms with Crippen molar-refractivity contribution in [1.82, 2.24) is 4.72 Å². The minimum Gasteiger partial charge on any atom is -0.330 e. The van der Waals surface area contributed by atoms with Crippen molar-refractivity contribution >= 4 is 10.0 Å². The average molecular weight is 270 g/mol. The number of unbranched alkanes of at least 4 members (excludes halogenated alkanes) is 2. The SMILES string of the molecule is CCCCCNS(=O)(=O)c1ccc(CCN)cc1. The molecule has 1 aromatic carbocycles. The summed E-state index contributed by atoms with van der Waals surface area (Å²) in [6.07, 6.45) is 3.76. The number of sulfonamides is 1. The van der Waals surface area contributed by atoms with Crippen LogP contribution in [0.1, 0.15) is 31.7 Å². The predicted molar refractivity (Wildman–Crippen MR) is 73.9 cm³/mol. The summed E-state index contributed by atoms with van der Waals surface area (Å²) in [5.41, 5.74) is 6.51. The molecule has 0 fully saturated rings. The normalized spacial score (nSPS) is 11.7. The summed E-state index contributed by atoms with van der Waals surface area (Å²) < 4.78 is 26.5. The van der Waals surface area contributed by atoms with Crippen LogP contribution < -0.4 is 10.5 Å². The molecular formula is C13H22N2O2S. The molecule has 0 aliphatic rings. The lowest BCUT2D eigenvalue weighted by Crippen LogP contribution is -2.24. The van der Waals surface area contributed by atoms with Gasteiger partial charge in [0.05, 0.1) is 4.90 Å². The first kappa shape index (κ1) is 15.1. The van der Waals surface area contributed by atoms with Crippen molar-refractivity contribution in [3.05, 3.63) is 29.8 Å². The molecule has 5 heteroatoms. The van der Waals surface area contributed by atoms with Crippen LogP contribution in [0.2, 0.25) is 0 Å². The van der Waals surface area contributed by atoms with Gasteiger partial charge in [0, 0.05) is 6.54 Å². The summed E-state index contributed by atoms with van der Waals surface area (Å²) in [6.45, 7) is 3.16. The van der Waals surface area contributed by atoms with Crippen LogP contribution in [0.3, 0.4) is 0 Å². The van der Waals surface area contributed by atoms with Crippen molar-refractivity contribution in [3.63, 3.8) is 0 Å². The number of hydrogen-bond donors (Lipinski definition) is 2. The summed E-state index contributed by atoms with van der Waals surface area (Å²) in [7, 11) is -3.35. The molecule has 1 aromatic rings. The van der Waals surface area contributed by atoms with Crippen molar-refractivity contribution in [3.8, 4) is 0 Å². The fourth-order valence-electron chi connectivity index (χ4n) is 1.67. The zero-order chi connectivity index (χ0) is 13.4. The van der Waals surface area contributed by atoms with E-state index in [0.29, 0.717) is 18.0 Å². The Morgan fingerprint density at radius 3 is 2.39 bits per heavy atom. The Morgan fingerprint density at radius 2 is 1.83 bits per heavy atom. The fraction of sp³-hybridized carbons (Fsp3) is 0.538. The molecule has 0 bridgehead atoms. The monoisotopic (exact) mass is 270 g/mol. The number of nitrogens with two attached hydrogens (primary N) is 1. The standard InChI is InChI=1S/C13H22N2O2S/c1-2-3-4-11-15-18(16,17)13-7-5-12(6-8-13)9-10-14/h5-8,15H,2-4,9-11,14H2,1H3. The molecule has 1 rings (SSSR count). The Labute approximate surface area is 110 Å². The minimum absolute atomic E-state index is 0.319. The van der Waals surface area contributed by atoms with Crippen molar-refractivity contribution in [2.75, 3.05) is 13.1 Å². The van der Waals surface area contributed by atoms with Crippen LogP contribution in [0.4, 0.5) is 0 Å². The van der Waals surface area contributed by atoms with Crippen molar-refractivity contribution < 1.29 is 8.42 Å². The van der Waals surface area contributed by atoms with Crippen LogP contribution in [0, 0.1) is 0 Å². The van der Waals surface area contributed by atoms with Gasteiger partial charge in [0.2, 0.25) is 10.0 Å². The molecular weight excluding hydrogens is 248 g/mol. The van der Waals surface area contributed by atoms with Crippen LogP contribution in [0.25, 0.3) is 0 Å². The number of rotatable bonds is 8. The van der Waals surface area contributed by atoms with Crippen LogP contribution in [0.5, 0.6) is 0 Å². The Bertz CT molecular complexity index is 441. The molecule has 0 radical (unpaired) electrons. The van der Waals surface area contributed by atoms with Crippen LogP contribution in [-0.4, -0.2) is 21.5 Å². The van der Waals surface area contributed by atoms with Crippen LogP contribution in [0.15, 0.2) is 29.2 Å². The summed E-state index contributed by atoms with van der Waals surface area (Å²) >= 11 is 0. The topological polar surface area (TPSA) is 72.2 Å². The quantitative estimate of drug-likeness (QED) is 0.706. The maximum absolute atomic E-state index is 11.9. The van der Waals surface area contributed by atoms with Crippen molar-refractivity contribution in [2.24, 2.45) is 5.73 Å². The Kier molecular flexibility index (Phi) is 6.32. The van der Waals surface area contributed by atoms with Gasteiger partial charge in [-0.15, -0.1) is 0 Å². The highest BCUT2D eigenvalue weighted by molar-refractivity contribution is 7.89. The number of nitrogens with one attached hydrogen (secondary N) is 1. The minimum atomic E-state index is -3.35. The second kappa shape index (κ2) is 7.51. The lowest BCUT2D eigenvalue weighted by Gasteiger charge is -2.07. The molecule has 0 unspecified atom stereocenters. The van der Waals surface area contributed by atoms with Gasteiger partial charge in [-0.05, 0) is 37.1 Å². The van der Waals surface area contributed by atoms with Gasteiger partial charge in [-0.2, -0.15) is 0 Å². The first-order valence-corrected chi connectivity index (χ1v) is 7.87. The average Bonchev–Trinajstić information content (AvgIpc) is 2.36. The molecule has 102 valence electrons. The van der Waals surface area contributed by atoms with E-state index >= 15 is 0 Å². The smallest absolute Gasteiger partial charge is 0.240 e. The summed E-state index contributed by atoms with van der Waals surface area (Å²) in [6, 6.07) is 6.89. The second-order valence-electron chi connectivity index (χ2n) is 4.29. The van der Waals surface area contributed by atoms with Crippen molar-refractivity contribution in [1.29, 1.82) is 0 Å². The zero-order valence-corrected chi connectivity index (χ0v) is 11.7.